The van der Waals surface area contributed by atoms with Crippen molar-refractivity contribution in [1.82, 2.24) is 4.90 Å². The topological polar surface area (TPSA) is 60.0 Å². The Morgan fingerprint density at radius 3 is 2.50 bits per heavy atom. The highest BCUT2D eigenvalue weighted by molar-refractivity contribution is 6.31. The van der Waals surface area contributed by atoms with Crippen molar-refractivity contribution < 1.29 is 27.8 Å². The van der Waals surface area contributed by atoms with Crippen LogP contribution in [0, 0.1) is 0 Å². The average molecular weight is 443 g/mol. The highest BCUT2D eigenvalue weighted by atomic mass is 35.5. The first kappa shape index (κ1) is 23.7. The molecule has 164 valence electrons. The minimum absolute atomic E-state index is 0.0305. The summed E-state index contributed by atoms with van der Waals surface area (Å²) in [7, 11) is 3.29. The Bertz CT molecular complexity index is 867. The summed E-state index contributed by atoms with van der Waals surface area (Å²) in [6.45, 7) is 1.26. The van der Waals surface area contributed by atoms with Gasteiger partial charge in [-0.1, -0.05) is 17.7 Å². The number of anilines is 1. The van der Waals surface area contributed by atoms with Crippen LogP contribution in [-0.4, -0.2) is 44.2 Å². The van der Waals surface area contributed by atoms with Gasteiger partial charge in [0.1, 0.15) is 5.75 Å². The van der Waals surface area contributed by atoms with E-state index in [2.05, 4.69) is 10.1 Å². The fourth-order valence-electron chi connectivity index (χ4n) is 2.75. The van der Waals surface area contributed by atoms with Crippen molar-refractivity contribution in [3.8, 4) is 17.2 Å². The van der Waals surface area contributed by atoms with Crippen LogP contribution >= 0.6 is 11.6 Å². The molecule has 0 aliphatic rings. The summed E-state index contributed by atoms with van der Waals surface area (Å²) in [5, 5.41) is 3.29. The van der Waals surface area contributed by atoms with Gasteiger partial charge in [0, 0.05) is 11.6 Å². The van der Waals surface area contributed by atoms with Gasteiger partial charge in [-0.25, -0.2) is 0 Å². The van der Waals surface area contributed by atoms with E-state index in [0.717, 1.165) is 5.56 Å². The largest absolute Gasteiger partial charge is 0.495 e. The van der Waals surface area contributed by atoms with Crippen molar-refractivity contribution in [3.63, 3.8) is 0 Å². The maximum atomic E-state index is 12.7. The number of amides is 1. The molecule has 1 unspecified atom stereocenters. The van der Waals surface area contributed by atoms with Crippen molar-refractivity contribution in [2.24, 2.45) is 0 Å². The zero-order valence-corrected chi connectivity index (χ0v) is 18.0. The van der Waals surface area contributed by atoms with Crippen molar-refractivity contribution >= 4 is 23.2 Å². The van der Waals surface area contributed by atoms with Crippen LogP contribution in [-0.2, 0) is 11.3 Å². The van der Waals surface area contributed by atoms with Gasteiger partial charge in [0.25, 0.3) is 0 Å². The fraction of sp³-hybridized carbons (Fsp3) is 0.381. The van der Waals surface area contributed by atoms with Crippen LogP contribution in [0.2, 0.25) is 5.02 Å². The molecule has 0 fully saturated rings. The van der Waals surface area contributed by atoms with Crippen molar-refractivity contribution in [2.45, 2.75) is 33.0 Å². The molecule has 0 saturated heterocycles. The standard InChI is InChI=1S/C21H25ClF2N2O4/c1-5-29-19-10-14(6-8-18(19)30-21(23)24)12-26(3)13(2)20(27)25-16-11-15(22)7-9-17(16)28-4/h6-11,13,21H,5,12H2,1-4H3,(H,25,27). The molecule has 0 spiro atoms. The minimum Gasteiger partial charge on any atom is -0.495 e. The number of methoxy groups -OCH3 is 1. The molecule has 2 aromatic carbocycles. The molecule has 2 rings (SSSR count). The van der Waals surface area contributed by atoms with Gasteiger partial charge in [0.2, 0.25) is 5.91 Å². The Kier molecular flexibility index (Phi) is 8.68. The Balaban J connectivity index is 2.09. The molecule has 1 atom stereocenters. The number of alkyl halides is 2. The first-order chi connectivity index (χ1) is 14.2. The summed E-state index contributed by atoms with van der Waals surface area (Å²) in [6, 6.07) is 9.17. The molecular formula is C21H25ClF2N2O4. The molecule has 0 aliphatic heterocycles. The zero-order chi connectivity index (χ0) is 22.3. The van der Waals surface area contributed by atoms with Crippen molar-refractivity contribution in [3.05, 3.63) is 47.0 Å². The Morgan fingerprint density at radius 2 is 1.87 bits per heavy atom. The van der Waals surface area contributed by atoms with Gasteiger partial charge >= 0.3 is 6.61 Å². The molecule has 9 heteroatoms. The number of carbonyl (C=O) groups is 1. The third-order valence-corrected chi connectivity index (χ3v) is 4.65. The quantitative estimate of drug-likeness (QED) is 0.572. The summed E-state index contributed by atoms with van der Waals surface area (Å²) in [4.78, 5) is 14.5. The lowest BCUT2D eigenvalue weighted by atomic mass is 10.1. The Labute approximate surface area is 179 Å². The number of nitrogens with zero attached hydrogens (tertiary/aromatic N) is 1. The van der Waals surface area contributed by atoms with E-state index in [1.54, 1.807) is 51.2 Å². The van der Waals surface area contributed by atoms with Crippen molar-refractivity contribution in [1.29, 1.82) is 0 Å². The highest BCUT2D eigenvalue weighted by Crippen LogP contribution is 2.31. The lowest BCUT2D eigenvalue weighted by molar-refractivity contribution is -0.120. The highest BCUT2D eigenvalue weighted by Gasteiger charge is 2.20. The molecule has 0 aromatic heterocycles. The molecule has 0 saturated carbocycles. The summed E-state index contributed by atoms with van der Waals surface area (Å²) in [5.74, 6) is 0.445. The first-order valence-electron chi connectivity index (χ1n) is 9.30. The van der Waals surface area contributed by atoms with Crippen LogP contribution < -0.4 is 19.5 Å². The molecule has 0 heterocycles. The molecule has 1 N–H and O–H groups in total. The number of likely N-dealkylation sites (N-methyl/N-ethyl adjacent to an activating group) is 1. The van der Waals surface area contributed by atoms with Gasteiger partial charge in [-0.3, -0.25) is 9.69 Å². The fourth-order valence-corrected chi connectivity index (χ4v) is 2.92. The lowest BCUT2D eigenvalue weighted by Crippen LogP contribution is -2.39. The molecule has 6 nitrogen and oxygen atoms in total. The maximum Gasteiger partial charge on any atom is 0.387 e. The predicted molar refractivity (Wildman–Crippen MR) is 112 cm³/mol. The van der Waals surface area contributed by atoms with Crippen LogP contribution in [0.3, 0.4) is 0 Å². The normalized spacial score (nSPS) is 12.0. The van der Waals surface area contributed by atoms with Crippen LogP contribution in [0.25, 0.3) is 0 Å². The second kappa shape index (κ2) is 11.0. The second-order valence-corrected chi connectivity index (χ2v) is 6.95. The number of hydrogen-bond donors (Lipinski definition) is 1. The van der Waals surface area contributed by atoms with E-state index in [9.17, 15) is 13.6 Å². The van der Waals surface area contributed by atoms with Gasteiger partial charge < -0.3 is 19.5 Å². The monoisotopic (exact) mass is 442 g/mol. The molecular weight excluding hydrogens is 418 g/mol. The van der Waals surface area contributed by atoms with Gasteiger partial charge in [-0.05, 0) is 56.8 Å². The van der Waals surface area contributed by atoms with E-state index in [1.165, 1.54) is 13.2 Å². The van der Waals surface area contributed by atoms with E-state index in [-0.39, 0.29) is 17.4 Å². The predicted octanol–water partition coefficient (Wildman–Crippen LogP) is 4.81. The minimum atomic E-state index is -2.94. The second-order valence-electron chi connectivity index (χ2n) is 6.52. The number of nitrogens with one attached hydrogen (secondary N) is 1. The average Bonchev–Trinajstić information content (AvgIpc) is 2.69. The number of benzene rings is 2. The SMILES string of the molecule is CCOc1cc(CN(C)C(C)C(=O)Nc2cc(Cl)ccc2OC)ccc1OC(F)F. The number of halogens is 3. The van der Waals surface area contributed by atoms with Crippen LogP contribution in [0.4, 0.5) is 14.5 Å². The van der Waals surface area contributed by atoms with E-state index in [0.29, 0.717) is 29.6 Å². The van der Waals surface area contributed by atoms with Gasteiger partial charge in [-0.15, -0.1) is 0 Å². The zero-order valence-electron chi connectivity index (χ0n) is 17.2. The van der Waals surface area contributed by atoms with Gasteiger partial charge in [0.15, 0.2) is 11.5 Å². The van der Waals surface area contributed by atoms with E-state index < -0.39 is 12.7 Å². The summed E-state index contributed by atoms with van der Waals surface area (Å²) in [5.41, 5.74) is 1.25. The number of carbonyl (C=O) groups excluding carboxylic acids is 1. The van der Waals surface area contributed by atoms with Crippen LogP contribution in [0.5, 0.6) is 17.2 Å². The molecule has 1 amide bonds. The summed E-state index contributed by atoms with van der Waals surface area (Å²) in [6.07, 6.45) is 0. The van der Waals surface area contributed by atoms with E-state index in [1.807, 2.05) is 4.90 Å². The first-order valence-corrected chi connectivity index (χ1v) is 9.68. The lowest BCUT2D eigenvalue weighted by Gasteiger charge is -2.25. The smallest absolute Gasteiger partial charge is 0.387 e. The van der Waals surface area contributed by atoms with E-state index in [4.69, 9.17) is 21.1 Å². The number of rotatable bonds is 10. The Morgan fingerprint density at radius 1 is 1.17 bits per heavy atom. The van der Waals surface area contributed by atoms with Crippen molar-refractivity contribution in [2.75, 3.05) is 26.1 Å². The van der Waals surface area contributed by atoms with Gasteiger partial charge in [-0.2, -0.15) is 8.78 Å². The number of hydrogen-bond acceptors (Lipinski definition) is 5. The third kappa shape index (κ3) is 6.47. The molecule has 2 aromatic rings. The summed E-state index contributed by atoms with van der Waals surface area (Å²) < 4.78 is 40.2. The van der Waals surface area contributed by atoms with Crippen LogP contribution in [0.1, 0.15) is 19.4 Å². The number of ether oxygens (including phenoxy) is 3. The molecule has 0 bridgehead atoms. The maximum absolute atomic E-state index is 12.7. The Hall–Kier alpha value is -2.58. The molecule has 0 radical (unpaired) electrons. The van der Waals surface area contributed by atoms with Gasteiger partial charge in [0.05, 0.1) is 25.4 Å². The van der Waals surface area contributed by atoms with Crippen LogP contribution in [0.15, 0.2) is 36.4 Å². The molecule has 0 aliphatic carbocycles. The summed E-state index contributed by atoms with van der Waals surface area (Å²) >= 11 is 6.01. The molecule has 30 heavy (non-hydrogen) atoms. The van der Waals surface area contributed by atoms with E-state index >= 15 is 0 Å². The third-order valence-electron chi connectivity index (χ3n) is 4.42.